The summed E-state index contributed by atoms with van der Waals surface area (Å²) in [6, 6.07) is 0. The van der Waals surface area contributed by atoms with E-state index < -0.39 is 5.60 Å². The van der Waals surface area contributed by atoms with E-state index >= 15 is 0 Å². The maximum absolute atomic E-state index is 10.1. The highest BCUT2D eigenvalue weighted by molar-refractivity contribution is 7.98. The molecule has 0 saturated carbocycles. The van der Waals surface area contributed by atoms with E-state index in [1.807, 2.05) is 32.2 Å². The zero-order valence-electron chi connectivity index (χ0n) is 12.8. The monoisotopic (exact) mass is 300 g/mol. The highest BCUT2D eigenvalue weighted by Crippen LogP contribution is 2.14. The van der Waals surface area contributed by atoms with Crippen LogP contribution in [0.15, 0.2) is 0 Å². The van der Waals surface area contributed by atoms with Gasteiger partial charge in [0, 0.05) is 32.9 Å². The van der Waals surface area contributed by atoms with E-state index in [1.54, 1.807) is 18.7 Å². The number of hydrogen-bond acceptors (Lipinski definition) is 8. The van der Waals surface area contributed by atoms with E-state index in [0.717, 1.165) is 6.54 Å². The minimum Gasteiger partial charge on any atom is -0.387 e. The predicted molar refractivity (Wildman–Crippen MR) is 85.8 cm³/mol. The first kappa shape index (κ1) is 16.8. The Hall–Kier alpha value is -1.28. The maximum Gasteiger partial charge on any atom is 0.231 e. The minimum atomic E-state index is -0.803. The average molecular weight is 300 g/mol. The smallest absolute Gasteiger partial charge is 0.231 e. The summed E-state index contributed by atoms with van der Waals surface area (Å²) in [5, 5.41) is 16.3. The first-order valence-corrected chi connectivity index (χ1v) is 7.90. The Bertz CT molecular complexity index is 426. The second-order valence-electron chi connectivity index (χ2n) is 4.99. The van der Waals surface area contributed by atoms with Gasteiger partial charge in [-0.05, 0) is 20.1 Å². The third kappa shape index (κ3) is 5.38. The first-order chi connectivity index (χ1) is 9.38. The third-order valence-electron chi connectivity index (χ3n) is 2.44. The van der Waals surface area contributed by atoms with Crippen molar-refractivity contribution in [3.63, 3.8) is 0 Å². The predicted octanol–water partition coefficient (Wildman–Crippen LogP) is 0.895. The fourth-order valence-corrected chi connectivity index (χ4v) is 2.24. The van der Waals surface area contributed by atoms with Gasteiger partial charge in [-0.1, -0.05) is 0 Å². The molecule has 0 aromatic carbocycles. The van der Waals surface area contributed by atoms with E-state index in [2.05, 4.69) is 25.6 Å². The molecular weight excluding hydrogens is 276 g/mol. The Balaban J connectivity index is 2.83. The maximum atomic E-state index is 10.1. The van der Waals surface area contributed by atoms with Crippen LogP contribution in [-0.4, -0.2) is 64.9 Å². The molecule has 0 amide bonds. The zero-order valence-corrected chi connectivity index (χ0v) is 13.6. The van der Waals surface area contributed by atoms with Crippen molar-refractivity contribution in [3.05, 3.63) is 0 Å². The molecular formula is C12H24N6OS. The van der Waals surface area contributed by atoms with E-state index in [4.69, 9.17) is 0 Å². The average Bonchev–Trinajstić information content (AvgIpc) is 2.36. The zero-order chi connectivity index (χ0) is 15.2. The van der Waals surface area contributed by atoms with Crippen molar-refractivity contribution in [3.8, 4) is 0 Å². The Kier molecular flexibility index (Phi) is 6.28. The van der Waals surface area contributed by atoms with Crippen LogP contribution in [0.5, 0.6) is 0 Å². The van der Waals surface area contributed by atoms with Gasteiger partial charge in [0.25, 0.3) is 0 Å². The van der Waals surface area contributed by atoms with Crippen molar-refractivity contribution in [2.75, 3.05) is 54.7 Å². The molecule has 0 radical (unpaired) electrons. The number of anilines is 3. The molecule has 1 rings (SSSR count). The molecule has 7 nitrogen and oxygen atoms in total. The van der Waals surface area contributed by atoms with E-state index in [9.17, 15) is 5.11 Å². The second-order valence-corrected chi connectivity index (χ2v) is 5.86. The van der Waals surface area contributed by atoms with E-state index in [-0.39, 0.29) is 0 Å². The highest BCUT2D eigenvalue weighted by atomic mass is 32.2. The van der Waals surface area contributed by atoms with Crippen molar-refractivity contribution >= 4 is 29.6 Å². The summed E-state index contributed by atoms with van der Waals surface area (Å²) in [5.41, 5.74) is -0.803. The molecule has 0 aliphatic rings. The topological polar surface area (TPSA) is 86.2 Å². The standard InChI is InChI=1S/C12H24N6OS/c1-6-13-9-15-10(17-11(16-9)18(3)4)14-7-12(2,19)8-20-5/h19H,6-8H2,1-5H3,(H2,13,14,15,16,17). The fourth-order valence-electron chi connectivity index (χ4n) is 1.51. The van der Waals surface area contributed by atoms with Gasteiger partial charge in [0.2, 0.25) is 17.8 Å². The summed E-state index contributed by atoms with van der Waals surface area (Å²) in [7, 11) is 3.75. The van der Waals surface area contributed by atoms with Crippen LogP contribution in [0.2, 0.25) is 0 Å². The van der Waals surface area contributed by atoms with Crippen molar-refractivity contribution < 1.29 is 5.11 Å². The van der Waals surface area contributed by atoms with Gasteiger partial charge in [-0.3, -0.25) is 0 Å². The van der Waals surface area contributed by atoms with Gasteiger partial charge in [-0.2, -0.15) is 26.7 Å². The summed E-state index contributed by atoms with van der Waals surface area (Å²) in [4.78, 5) is 14.7. The molecule has 1 heterocycles. The Morgan fingerprint density at radius 2 is 1.80 bits per heavy atom. The van der Waals surface area contributed by atoms with Crippen LogP contribution >= 0.6 is 11.8 Å². The van der Waals surface area contributed by atoms with Crippen molar-refractivity contribution in [1.82, 2.24) is 15.0 Å². The molecule has 0 spiro atoms. The van der Waals surface area contributed by atoms with Crippen LogP contribution in [0.1, 0.15) is 13.8 Å². The van der Waals surface area contributed by atoms with Crippen LogP contribution in [0.4, 0.5) is 17.8 Å². The number of rotatable bonds is 8. The normalized spacial score (nSPS) is 13.7. The second kappa shape index (κ2) is 7.49. The molecule has 3 N–H and O–H groups in total. The summed E-state index contributed by atoms with van der Waals surface area (Å²) < 4.78 is 0. The van der Waals surface area contributed by atoms with Gasteiger partial charge in [-0.15, -0.1) is 0 Å². The van der Waals surface area contributed by atoms with Crippen molar-refractivity contribution in [1.29, 1.82) is 0 Å². The number of nitrogens with zero attached hydrogens (tertiary/aromatic N) is 4. The number of thioether (sulfide) groups is 1. The lowest BCUT2D eigenvalue weighted by atomic mass is 10.1. The number of aliphatic hydroxyl groups is 1. The summed E-state index contributed by atoms with van der Waals surface area (Å²) in [6.07, 6.45) is 1.96. The minimum absolute atomic E-state index is 0.385. The molecule has 0 aliphatic carbocycles. The molecule has 8 heteroatoms. The molecule has 20 heavy (non-hydrogen) atoms. The molecule has 1 aromatic rings. The van der Waals surface area contributed by atoms with Gasteiger partial charge < -0.3 is 20.6 Å². The lowest BCUT2D eigenvalue weighted by Gasteiger charge is -2.23. The largest absolute Gasteiger partial charge is 0.387 e. The molecule has 0 saturated heterocycles. The third-order valence-corrected chi connectivity index (χ3v) is 3.35. The quantitative estimate of drug-likeness (QED) is 0.653. The van der Waals surface area contributed by atoms with Gasteiger partial charge in [0.05, 0.1) is 5.60 Å². The molecule has 0 fully saturated rings. The lowest BCUT2D eigenvalue weighted by Crippen LogP contribution is -2.36. The van der Waals surface area contributed by atoms with Gasteiger partial charge in [0.15, 0.2) is 0 Å². The highest BCUT2D eigenvalue weighted by Gasteiger charge is 2.20. The van der Waals surface area contributed by atoms with Gasteiger partial charge in [0.1, 0.15) is 0 Å². The van der Waals surface area contributed by atoms with Crippen LogP contribution in [-0.2, 0) is 0 Å². The van der Waals surface area contributed by atoms with Crippen LogP contribution in [0.3, 0.4) is 0 Å². The van der Waals surface area contributed by atoms with Crippen LogP contribution in [0, 0.1) is 0 Å². The summed E-state index contributed by atoms with van der Waals surface area (Å²) in [5.74, 6) is 2.20. The molecule has 1 unspecified atom stereocenters. The van der Waals surface area contributed by atoms with Crippen molar-refractivity contribution in [2.45, 2.75) is 19.4 Å². The van der Waals surface area contributed by atoms with E-state index in [1.165, 1.54) is 0 Å². The van der Waals surface area contributed by atoms with Gasteiger partial charge in [-0.25, -0.2) is 0 Å². The molecule has 114 valence electrons. The lowest BCUT2D eigenvalue weighted by molar-refractivity contribution is 0.0995. The van der Waals surface area contributed by atoms with Crippen LogP contribution < -0.4 is 15.5 Å². The molecule has 0 bridgehead atoms. The fraction of sp³-hybridized carbons (Fsp3) is 0.750. The Morgan fingerprint density at radius 1 is 1.20 bits per heavy atom. The summed E-state index contributed by atoms with van der Waals surface area (Å²) >= 11 is 1.60. The number of aromatic nitrogens is 3. The molecule has 1 atom stereocenters. The van der Waals surface area contributed by atoms with Crippen molar-refractivity contribution in [2.24, 2.45) is 0 Å². The number of hydrogen-bond donors (Lipinski definition) is 3. The summed E-state index contributed by atoms with van der Waals surface area (Å²) in [6.45, 7) is 4.89. The molecule has 0 aliphatic heterocycles. The number of nitrogens with one attached hydrogen (secondary N) is 2. The first-order valence-electron chi connectivity index (χ1n) is 6.50. The van der Waals surface area contributed by atoms with E-state index in [0.29, 0.717) is 30.1 Å². The SMILES string of the molecule is CCNc1nc(NCC(C)(O)CSC)nc(N(C)C)n1. The van der Waals surface area contributed by atoms with Crippen LogP contribution in [0.25, 0.3) is 0 Å². The Labute approximate surface area is 124 Å². The van der Waals surface area contributed by atoms with Gasteiger partial charge >= 0.3 is 0 Å². The molecule has 1 aromatic heterocycles. The Morgan fingerprint density at radius 3 is 2.30 bits per heavy atom.